The number of amides is 1. The molecule has 1 saturated heterocycles. The fourth-order valence-electron chi connectivity index (χ4n) is 2.07. The number of hydrogen-bond donors (Lipinski definition) is 1. The molecule has 1 amide bonds. The highest BCUT2D eigenvalue weighted by atomic mass is 16.2. The molecule has 0 saturated carbocycles. The van der Waals surface area contributed by atoms with E-state index in [9.17, 15) is 4.79 Å². The number of aromatic nitrogens is 1. The van der Waals surface area contributed by atoms with E-state index in [1.807, 2.05) is 30.0 Å². The molecule has 4 nitrogen and oxygen atoms in total. The van der Waals surface area contributed by atoms with E-state index in [0.29, 0.717) is 5.91 Å². The van der Waals surface area contributed by atoms with E-state index in [1.54, 1.807) is 0 Å². The first kappa shape index (κ1) is 11.9. The average Bonchev–Trinajstić information content (AvgIpc) is 2.71. The number of aryl methyl sites for hydroxylation is 1. The number of hydrogen-bond acceptors (Lipinski definition) is 3. The Kier molecular flexibility index (Phi) is 3.96. The van der Waals surface area contributed by atoms with Crippen LogP contribution >= 0.6 is 0 Å². The maximum Gasteiger partial charge on any atom is 0.222 e. The molecule has 4 heteroatoms. The van der Waals surface area contributed by atoms with Gasteiger partial charge in [-0.25, -0.2) is 4.98 Å². The van der Waals surface area contributed by atoms with Gasteiger partial charge in [-0.1, -0.05) is 6.07 Å². The van der Waals surface area contributed by atoms with E-state index in [4.69, 9.17) is 0 Å². The quantitative estimate of drug-likeness (QED) is 0.789. The third-order valence-corrected chi connectivity index (χ3v) is 2.97. The molecule has 0 unspecified atom stereocenters. The highest BCUT2D eigenvalue weighted by Crippen LogP contribution is 2.10. The molecule has 0 aliphatic carbocycles. The van der Waals surface area contributed by atoms with Crippen LogP contribution in [0.4, 0.5) is 5.82 Å². The molecule has 92 valence electrons. The second-order valence-corrected chi connectivity index (χ2v) is 4.43. The van der Waals surface area contributed by atoms with Crippen molar-refractivity contribution >= 4 is 11.7 Å². The predicted octanol–water partition coefficient (Wildman–Crippen LogP) is 1.81. The van der Waals surface area contributed by atoms with Gasteiger partial charge in [0, 0.05) is 31.7 Å². The Hall–Kier alpha value is -1.58. The van der Waals surface area contributed by atoms with Crippen LogP contribution in [-0.4, -0.2) is 35.4 Å². The number of anilines is 1. The van der Waals surface area contributed by atoms with Gasteiger partial charge in [-0.2, -0.15) is 0 Å². The number of carbonyl (C=O) groups is 1. The lowest BCUT2D eigenvalue weighted by Gasteiger charge is -2.15. The fraction of sp³-hybridized carbons (Fsp3) is 0.538. The number of likely N-dealkylation sites (tertiary alicyclic amines) is 1. The van der Waals surface area contributed by atoms with Crippen LogP contribution in [-0.2, 0) is 4.79 Å². The molecule has 1 fully saturated rings. The lowest BCUT2D eigenvalue weighted by atomic mass is 10.3. The first-order chi connectivity index (χ1) is 8.25. The molecule has 2 rings (SSSR count). The zero-order chi connectivity index (χ0) is 12.1. The van der Waals surface area contributed by atoms with Crippen LogP contribution in [0.1, 0.15) is 25.0 Å². The molecule has 0 spiro atoms. The summed E-state index contributed by atoms with van der Waals surface area (Å²) in [6, 6.07) is 5.94. The average molecular weight is 233 g/mol. The van der Waals surface area contributed by atoms with Crippen LogP contribution in [0.5, 0.6) is 0 Å². The third kappa shape index (κ3) is 3.44. The highest BCUT2D eigenvalue weighted by molar-refractivity contribution is 5.77. The lowest BCUT2D eigenvalue weighted by molar-refractivity contribution is -0.127. The summed E-state index contributed by atoms with van der Waals surface area (Å²) >= 11 is 0. The summed E-state index contributed by atoms with van der Waals surface area (Å²) in [5.41, 5.74) is 1.02. The van der Waals surface area contributed by atoms with Crippen molar-refractivity contribution in [2.45, 2.75) is 26.2 Å². The Morgan fingerprint density at radius 1 is 1.47 bits per heavy atom. The largest absolute Gasteiger partial charge is 0.370 e. The minimum atomic E-state index is 0.304. The Bertz CT molecular complexity index is 392. The summed E-state index contributed by atoms with van der Waals surface area (Å²) < 4.78 is 0. The molecule has 0 aromatic carbocycles. The van der Waals surface area contributed by atoms with E-state index in [-0.39, 0.29) is 0 Å². The van der Waals surface area contributed by atoms with Crippen molar-refractivity contribution in [3.05, 3.63) is 23.9 Å². The summed E-state index contributed by atoms with van der Waals surface area (Å²) in [4.78, 5) is 17.7. The smallest absolute Gasteiger partial charge is 0.222 e. The normalized spacial score (nSPS) is 15.4. The van der Waals surface area contributed by atoms with Crippen molar-refractivity contribution < 1.29 is 4.79 Å². The summed E-state index contributed by atoms with van der Waals surface area (Å²) in [5.74, 6) is 1.22. The molecule has 1 aromatic rings. The Balaban J connectivity index is 1.68. The van der Waals surface area contributed by atoms with Crippen LogP contribution in [0.3, 0.4) is 0 Å². The van der Waals surface area contributed by atoms with Crippen LogP contribution in [0.15, 0.2) is 18.2 Å². The molecule has 0 radical (unpaired) electrons. The molecular weight excluding hydrogens is 214 g/mol. The third-order valence-electron chi connectivity index (χ3n) is 2.97. The Morgan fingerprint density at radius 2 is 2.35 bits per heavy atom. The summed E-state index contributed by atoms with van der Waals surface area (Å²) in [7, 11) is 0. The van der Waals surface area contributed by atoms with Crippen molar-refractivity contribution in [2.75, 3.05) is 25.0 Å². The molecule has 1 N–H and O–H groups in total. The molecule has 0 atom stereocenters. The summed E-state index contributed by atoms with van der Waals surface area (Å²) in [6.07, 6.45) is 2.72. The minimum absolute atomic E-state index is 0.304. The first-order valence-corrected chi connectivity index (χ1v) is 6.21. The van der Waals surface area contributed by atoms with Gasteiger partial charge < -0.3 is 10.2 Å². The van der Waals surface area contributed by atoms with Gasteiger partial charge in [-0.3, -0.25) is 4.79 Å². The van der Waals surface area contributed by atoms with Crippen molar-refractivity contribution in [3.63, 3.8) is 0 Å². The lowest BCUT2D eigenvalue weighted by Crippen LogP contribution is -2.27. The van der Waals surface area contributed by atoms with E-state index in [0.717, 1.165) is 50.4 Å². The van der Waals surface area contributed by atoms with Crippen LogP contribution < -0.4 is 5.32 Å². The Morgan fingerprint density at radius 3 is 3.06 bits per heavy atom. The molecular formula is C13H19N3O. The van der Waals surface area contributed by atoms with Gasteiger partial charge in [0.05, 0.1) is 0 Å². The number of nitrogens with one attached hydrogen (secondary N) is 1. The minimum Gasteiger partial charge on any atom is -0.370 e. The maximum absolute atomic E-state index is 11.4. The number of pyridine rings is 1. The van der Waals surface area contributed by atoms with Crippen molar-refractivity contribution in [1.82, 2.24) is 9.88 Å². The van der Waals surface area contributed by atoms with Crippen molar-refractivity contribution in [2.24, 2.45) is 0 Å². The van der Waals surface area contributed by atoms with Gasteiger partial charge in [0.25, 0.3) is 0 Å². The topological polar surface area (TPSA) is 45.2 Å². The predicted molar refractivity (Wildman–Crippen MR) is 67.9 cm³/mol. The number of carbonyl (C=O) groups excluding carboxylic acids is 1. The standard InChI is InChI=1S/C13H19N3O/c1-11-5-2-6-12(15-11)14-8-4-10-16-9-3-7-13(16)17/h2,5-6H,3-4,7-10H2,1H3,(H,14,15). The number of nitrogens with zero attached hydrogens (tertiary/aromatic N) is 2. The van der Waals surface area contributed by atoms with Crippen molar-refractivity contribution in [3.8, 4) is 0 Å². The van der Waals surface area contributed by atoms with Crippen LogP contribution in [0.2, 0.25) is 0 Å². The Labute approximate surface area is 102 Å². The number of rotatable bonds is 5. The maximum atomic E-state index is 11.4. The second-order valence-electron chi connectivity index (χ2n) is 4.43. The zero-order valence-electron chi connectivity index (χ0n) is 10.3. The van der Waals surface area contributed by atoms with Gasteiger partial charge in [-0.15, -0.1) is 0 Å². The molecule has 1 aromatic heterocycles. The highest BCUT2D eigenvalue weighted by Gasteiger charge is 2.18. The summed E-state index contributed by atoms with van der Waals surface area (Å²) in [6.45, 7) is 4.63. The van der Waals surface area contributed by atoms with Crippen LogP contribution in [0.25, 0.3) is 0 Å². The van der Waals surface area contributed by atoms with Gasteiger partial charge in [0.15, 0.2) is 0 Å². The van der Waals surface area contributed by atoms with Crippen LogP contribution in [0, 0.1) is 6.92 Å². The SMILES string of the molecule is Cc1cccc(NCCCN2CCCC2=O)n1. The van der Waals surface area contributed by atoms with Gasteiger partial charge in [0.1, 0.15) is 5.82 Å². The van der Waals surface area contributed by atoms with Gasteiger partial charge in [0.2, 0.25) is 5.91 Å². The molecule has 0 bridgehead atoms. The van der Waals surface area contributed by atoms with Crippen molar-refractivity contribution in [1.29, 1.82) is 0 Å². The zero-order valence-corrected chi connectivity index (χ0v) is 10.3. The monoisotopic (exact) mass is 233 g/mol. The van der Waals surface area contributed by atoms with E-state index in [1.165, 1.54) is 0 Å². The molecule has 17 heavy (non-hydrogen) atoms. The van der Waals surface area contributed by atoms with E-state index >= 15 is 0 Å². The van der Waals surface area contributed by atoms with E-state index in [2.05, 4.69) is 10.3 Å². The molecule has 2 heterocycles. The first-order valence-electron chi connectivity index (χ1n) is 6.21. The summed E-state index contributed by atoms with van der Waals surface area (Å²) in [5, 5.41) is 3.28. The van der Waals surface area contributed by atoms with Gasteiger partial charge >= 0.3 is 0 Å². The van der Waals surface area contributed by atoms with E-state index < -0.39 is 0 Å². The van der Waals surface area contributed by atoms with Gasteiger partial charge in [-0.05, 0) is 31.9 Å². The fourth-order valence-corrected chi connectivity index (χ4v) is 2.07. The second kappa shape index (κ2) is 5.66. The molecule has 1 aliphatic rings. The molecule has 1 aliphatic heterocycles.